The largest absolute Gasteiger partial charge is 0.309 e. The van der Waals surface area contributed by atoms with Gasteiger partial charge in [-0.3, -0.25) is 4.98 Å². The van der Waals surface area contributed by atoms with E-state index < -0.39 is 0 Å². The summed E-state index contributed by atoms with van der Waals surface area (Å²) < 4.78 is 5.11. The summed E-state index contributed by atoms with van der Waals surface area (Å²) in [5.74, 6) is 0.197. The van der Waals surface area contributed by atoms with Crippen molar-refractivity contribution in [3.63, 3.8) is 0 Å². The second-order valence-electron chi connectivity index (χ2n) is 14.8. The molecule has 8 aromatic carbocycles. The first-order chi connectivity index (χ1) is 27.7. The van der Waals surface area contributed by atoms with Crippen molar-refractivity contribution in [2.45, 2.75) is 12.3 Å². The third kappa shape index (κ3) is 5.68. The SMILES string of the molecule is c1ccc(-c2ccc(C(Cc3ccc(-c4ccc5c(c4)c4cc6ccccc6cc4n5-c4ccc5sc6ccccc6c5c4)cc3)c3cccnc3)cc2)cc1. The molecule has 0 saturated heterocycles. The molecule has 11 aromatic rings. The Labute approximate surface area is 329 Å². The van der Waals surface area contributed by atoms with Gasteiger partial charge in [0.2, 0.25) is 0 Å². The Morgan fingerprint density at radius 3 is 1.95 bits per heavy atom. The van der Waals surface area contributed by atoms with E-state index in [1.54, 1.807) is 0 Å². The topological polar surface area (TPSA) is 17.8 Å². The lowest BCUT2D eigenvalue weighted by Crippen LogP contribution is -2.05. The Kier molecular flexibility index (Phi) is 7.85. The predicted octanol–water partition coefficient (Wildman–Crippen LogP) is 14.4. The van der Waals surface area contributed by atoms with E-state index in [2.05, 4.69) is 192 Å². The molecule has 264 valence electrons. The molecule has 3 aromatic heterocycles. The van der Waals surface area contributed by atoms with Crippen molar-refractivity contribution >= 4 is 64.1 Å². The van der Waals surface area contributed by atoms with E-state index in [9.17, 15) is 0 Å². The van der Waals surface area contributed by atoms with Gasteiger partial charge in [0.1, 0.15) is 0 Å². The van der Waals surface area contributed by atoms with Gasteiger partial charge in [-0.25, -0.2) is 0 Å². The zero-order valence-corrected chi connectivity index (χ0v) is 31.5. The van der Waals surface area contributed by atoms with E-state index in [0.717, 1.165) is 6.42 Å². The fourth-order valence-corrected chi connectivity index (χ4v) is 9.72. The minimum Gasteiger partial charge on any atom is -0.309 e. The average Bonchev–Trinajstić information content (AvgIpc) is 3.80. The lowest BCUT2D eigenvalue weighted by Gasteiger charge is -2.19. The number of aromatic nitrogens is 2. The van der Waals surface area contributed by atoms with E-state index in [1.807, 2.05) is 29.8 Å². The van der Waals surface area contributed by atoms with Crippen molar-refractivity contribution in [1.29, 1.82) is 0 Å². The molecule has 2 nitrogen and oxygen atoms in total. The van der Waals surface area contributed by atoms with Crippen LogP contribution in [-0.2, 0) is 6.42 Å². The maximum absolute atomic E-state index is 4.50. The highest BCUT2D eigenvalue weighted by Gasteiger charge is 2.18. The zero-order valence-electron chi connectivity index (χ0n) is 30.6. The molecule has 0 radical (unpaired) electrons. The molecule has 0 aliphatic heterocycles. The first-order valence-electron chi connectivity index (χ1n) is 19.3. The zero-order chi connectivity index (χ0) is 37.0. The number of hydrogen-bond donors (Lipinski definition) is 0. The highest BCUT2D eigenvalue weighted by Crippen LogP contribution is 2.40. The lowest BCUT2D eigenvalue weighted by atomic mass is 9.85. The van der Waals surface area contributed by atoms with Crippen LogP contribution >= 0.6 is 11.3 Å². The molecule has 0 spiro atoms. The molecule has 3 heteroatoms. The summed E-state index contributed by atoms with van der Waals surface area (Å²) in [5, 5.41) is 7.66. The minimum absolute atomic E-state index is 0.197. The van der Waals surface area contributed by atoms with Gasteiger partial charge in [-0.2, -0.15) is 0 Å². The van der Waals surface area contributed by atoms with Gasteiger partial charge in [0.15, 0.2) is 0 Å². The van der Waals surface area contributed by atoms with Crippen LogP contribution in [0.2, 0.25) is 0 Å². The molecule has 1 atom stereocenters. The monoisotopic (exact) mass is 732 g/mol. The van der Waals surface area contributed by atoms with Gasteiger partial charge in [0.05, 0.1) is 11.0 Å². The fourth-order valence-electron chi connectivity index (χ4n) is 8.63. The average molecular weight is 733 g/mol. The Morgan fingerprint density at radius 2 is 1.12 bits per heavy atom. The number of hydrogen-bond acceptors (Lipinski definition) is 2. The Balaban J connectivity index is 0.973. The van der Waals surface area contributed by atoms with Crippen molar-refractivity contribution in [1.82, 2.24) is 9.55 Å². The first kappa shape index (κ1) is 32.6. The van der Waals surface area contributed by atoms with Crippen LogP contribution in [0.15, 0.2) is 200 Å². The molecule has 0 N–H and O–H groups in total. The number of rotatable bonds is 7. The molecule has 11 rings (SSSR count). The summed E-state index contributed by atoms with van der Waals surface area (Å²) in [4.78, 5) is 4.50. The quantitative estimate of drug-likeness (QED) is 0.160. The van der Waals surface area contributed by atoms with Gasteiger partial charge in [-0.15, -0.1) is 11.3 Å². The summed E-state index contributed by atoms with van der Waals surface area (Å²) in [7, 11) is 0. The second-order valence-corrected chi connectivity index (χ2v) is 15.9. The van der Waals surface area contributed by atoms with Crippen LogP contribution in [0.1, 0.15) is 22.6 Å². The van der Waals surface area contributed by atoms with Crippen molar-refractivity contribution < 1.29 is 0 Å². The van der Waals surface area contributed by atoms with Crippen LogP contribution in [0, 0.1) is 0 Å². The maximum atomic E-state index is 4.50. The lowest BCUT2D eigenvalue weighted by molar-refractivity contribution is 0.800. The summed E-state index contributed by atoms with van der Waals surface area (Å²) in [6.45, 7) is 0. The summed E-state index contributed by atoms with van der Waals surface area (Å²) in [6.07, 6.45) is 4.76. The van der Waals surface area contributed by atoms with Crippen LogP contribution in [0.3, 0.4) is 0 Å². The van der Waals surface area contributed by atoms with Gasteiger partial charge >= 0.3 is 0 Å². The normalized spacial score (nSPS) is 12.3. The number of thiophene rings is 1. The molecule has 0 aliphatic carbocycles. The molecule has 1 unspecified atom stereocenters. The van der Waals surface area contributed by atoms with E-state index in [0.29, 0.717) is 0 Å². The second kappa shape index (κ2) is 13.5. The predicted molar refractivity (Wildman–Crippen MR) is 238 cm³/mol. The Hall–Kier alpha value is -6.81. The molecule has 0 bridgehead atoms. The van der Waals surface area contributed by atoms with E-state index in [-0.39, 0.29) is 5.92 Å². The fraction of sp³-hybridized carbons (Fsp3) is 0.0377. The third-order valence-corrected chi connectivity index (χ3v) is 12.6. The highest BCUT2D eigenvalue weighted by atomic mass is 32.1. The highest BCUT2D eigenvalue weighted by molar-refractivity contribution is 7.25. The third-order valence-electron chi connectivity index (χ3n) is 11.5. The first-order valence-corrected chi connectivity index (χ1v) is 20.1. The van der Waals surface area contributed by atoms with Gasteiger partial charge in [0.25, 0.3) is 0 Å². The Morgan fingerprint density at radius 1 is 0.446 bits per heavy atom. The van der Waals surface area contributed by atoms with Crippen LogP contribution in [0.25, 0.3) is 80.7 Å². The van der Waals surface area contributed by atoms with Crippen molar-refractivity contribution in [2.75, 3.05) is 0 Å². The van der Waals surface area contributed by atoms with Crippen LogP contribution in [0.5, 0.6) is 0 Å². The van der Waals surface area contributed by atoms with E-state index in [4.69, 9.17) is 0 Å². The Bertz CT molecular complexity index is 3190. The van der Waals surface area contributed by atoms with Gasteiger partial charge in [-0.1, -0.05) is 133 Å². The van der Waals surface area contributed by atoms with Gasteiger partial charge in [0, 0.05) is 54.9 Å². The number of fused-ring (bicyclic) bond motifs is 7. The molecular formula is C53H36N2S. The van der Waals surface area contributed by atoms with E-state index in [1.165, 1.54) is 97.4 Å². The summed E-state index contributed by atoms with van der Waals surface area (Å²) in [6, 6.07) is 69.2. The van der Waals surface area contributed by atoms with Gasteiger partial charge < -0.3 is 4.57 Å². The molecule has 3 heterocycles. The van der Waals surface area contributed by atoms with Crippen molar-refractivity contribution in [2.24, 2.45) is 0 Å². The standard InChI is InChI=1S/C53H36N2S/c1-2-9-36(10-3-1)37-20-22-39(23-21-37)46(43-13-8-28-54-34-43)29-35-16-18-38(19-17-35)42-24-26-50-47(31-42)48-30-40-11-4-5-12-41(40)32-51(48)55(50)44-25-27-53-49(33-44)45-14-6-7-15-52(45)56-53/h1-28,30-34,46H,29H2. The number of pyridine rings is 1. The smallest absolute Gasteiger partial charge is 0.0547 e. The van der Waals surface area contributed by atoms with Crippen LogP contribution in [0.4, 0.5) is 0 Å². The summed E-state index contributed by atoms with van der Waals surface area (Å²) in [5.41, 5.74) is 12.3. The maximum Gasteiger partial charge on any atom is 0.0547 e. The molecule has 0 aliphatic rings. The minimum atomic E-state index is 0.197. The van der Waals surface area contributed by atoms with Crippen molar-refractivity contribution in [3.8, 4) is 27.9 Å². The van der Waals surface area contributed by atoms with E-state index >= 15 is 0 Å². The summed E-state index contributed by atoms with van der Waals surface area (Å²) >= 11 is 1.87. The molecular weight excluding hydrogens is 697 g/mol. The molecule has 56 heavy (non-hydrogen) atoms. The van der Waals surface area contributed by atoms with Gasteiger partial charge in [-0.05, 0) is 111 Å². The number of benzene rings is 8. The van der Waals surface area contributed by atoms with Crippen LogP contribution in [-0.4, -0.2) is 9.55 Å². The van der Waals surface area contributed by atoms with Crippen molar-refractivity contribution in [3.05, 3.63) is 217 Å². The number of nitrogens with zero attached hydrogens (tertiary/aromatic N) is 2. The van der Waals surface area contributed by atoms with Crippen LogP contribution < -0.4 is 0 Å². The molecule has 0 saturated carbocycles. The molecule has 0 fully saturated rings. The molecule has 0 amide bonds.